The van der Waals surface area contributed by atoms with Gasteiger partial charge in [0.05, 0.1) is 12.2 Å². The topological polar surface area (TPSA) is 32.7 Å². The van der Waals surface area contributed by atoms with Gasteiger partial charge in [0.15, 0.2) is 0 Å². The predicted octanol–water partition coefficient (Wildman–Crippen LogP) is 2.50. The van der Waals surface area contributed by atoms with Gasteiger partial charge >= 0.3 is 0 Å². The van der Waals surface area contributed by atoms with Gasteiger partial charge in [0, 0.05) is 25.3 Å². The predicted molar refractivity (Wildman–Crippen MR) is 72.4 cm³/mol. The number of hydrogen-bond acceptors (Lipinski definition) is 3. The fraction of sp³-hybridized carbons (Fsp3) is 0.600. The molecule has 1 aromatic rings. The van der Waals surface area contributed by atoms with E-state index in [2.05, 4.69) is 0 Å². The van der Waals surface area contributed by atoms with Gasteiger partial charge in [0.2, 0.25) is 0 Å². The van der Waals surface area contributed by atoms with Crippen molar-refractivity contribution >= 4 is 0 Å². The summed E-state index contributed by atoms with van der Waals surface area (Å²) in [6, 6.07) is 3.13. The molecule has 0 aromatic heterocycles. The number of hydrogen-bond donors (Lipinski definition) is 1. The third-order valence-electron chi connectivity index (χ3n) is 3.59. The summed E-state index contributed by atoms with van der Waals surface area (Å²) < 4.78 is 32.3. The van der Waals surface area contributed by atoms with E-state index in [1.165, 1.54) is 0 Å². The Morgan fingerprint density at radius 1 is 1.40 bits per heavy atom. The molecular formula is C15H21F2NO2. The van der Waals surface area contributed by atoms with E-state index in [-0.39, 0.29) is 18.2 Å². The van der Waals surface area contributed by atoms with E-state index in [1.54, 1.807) is 0 Å². The van der Waals surface area contributed by atoms with Gasteiger partial charge in [-0.25, -0.2) is 8.78 Å². The number of ether oxygens (including phenoxy) is 1. The molecule has 0 spiro atoms. The van der Waals surface area contributed by atoms with E-state index < -0.39 is 17.7 Å². The van der Waals surface area contributed by atoms with Crippen molar-refractivity contribution in [2.24, 2.45) is 0 Å². The summed E-state index contributed by atoms with van der Waals surface area (Å²) in [4.78, 5) is 1.89. The highest BCUT2D eigenvalue weighted by Gasteiger charge is 2.20. The molecule has 0 amide bonds. The average molecular weight is 285 g/mol. The Balaban J connectivity index is 1.89. The monoisotopic (exact) mass is 285 g/mol. The Labute approximate surface area is 118 Å². The Morgan fingerprint density at radius 3 is 2.90 bits per heavy atom. The molecule has 0 saturated carbocycles. The third kappa shape index (κ3) is 4.23. The molecule has 20 heavy (non-hydrogen) atoms. The zero-order chi connectivity index (χ0) is 14.5. The van der Waals surface area contributed by atoms with E-state index in [0.717, 1.165) is 44.1 Å². The largest absolute Gasteiger partial charge is 0.387 e. The van der Waals surface area contributed by atoms with Crippen LogP contribution in [0.5, 0.6) is 0 Å². The quantitative estimate of drug-likeness (QED) is 0.902. The number of benzene rings is 1. The van der Waals surface area contributed by atoms with Crippen molar-refractivity contribution < 1.29 is 18.6 Å². The van der Waals surface area contributed by atoms with Crippen molar-refractivity contribution in [2.45, 2.75) is 31.5 Å². The molecule has 1 heterocycles. The van der Waals surface area contributed by atoms with E-state index in [0.29, 0.717) is 6.54 Å². The first-order chi connectivity index (χ1) is 9.56. The second-order valence-corrected chi connectivity index (χ2v) is 5.39. The number of likely N-dealkylation sites (N-methyl/N-ethyl adjacent to an activating group) is 1. The molecule has 2 unspecified atom stereocenters. The Kier molecular flexibility index (Phi) is 5.46. The zero-order valence-electron chi connectivity index (χ0n) is 11.7. The van der Waals surface area contributed by atoms with E-state index >= 15 is 0 Å². The number of rotatable bonds is 5. The fourth-order valence-electron chi connectivity index (χ4n) is 2.54. The van der Waals surface area contributed by atoms with E-state index in [9.17, 15) is 13.9 Å². The first-order valence-electron chi connectivity index (χ1n) is 6.99. The Hall–Kier alpha value is -1.04. The van der Waals surface area contributed by atoms with E-state index in [1.807, 2.05) is 11.9 Å². The van der Waals surface area contributed by atoms with Crippen LogP contribution in [0.4, 0.5) is 8.78 Å². The summed E-state index contributed by atoms with van der Waals surface area (Å²) >= 11 is 0. The summed E-state index contributed by atoms with van der Waals surface area (Å²) in [7, 11) is 1.85. The maximum atomic E-state index is 13.6. The third-order valence-corrected chi connectivity index (χ3v) is 3.59. The van der Waals surface area contributed by atoms with Crippen LogP contribution in [-0.2, 0) is 4.74 Å². The minimum absolute atomic E-state index is 0.00131. The molecule has 1 aliphatic rings. The molecule has 3 nitrogen and oxygen atoms in total. The van der Waals surface area contributed by atoms with Crippen molar-refractivity contribution in [2.75, 3.05) is 26.7 Å². The second-order valence-electron chi connectivity index (χ2n) is 5.39. The molecule has 1 aliphatic heterocycles. The molecule has 1 fully saturated rings. The van der Waals surface area contributed by atoms with Crippen molar-refractivity contribution in [1.29, 1.82) is 0 Å². The highest BCUT2D eigenvalue weighted by Crippen LogP contribution is 2.20. The van der Waals surface area contributed by atoms with Crippen LogP contribution >= 0.6 is 0 Å². The number of aliphatic hydroxyl groups excluding tert-OH is 1. The normalized spacial score (nSPS) is 21.1. The van der Waals surface area contributed by atoms with Crippen LogP contribution in [0.15, 0.2) is 18.2 Å². The molecule has 112 valence electrons. The van der Waals surface area contributed by atoms with Crippen LogP contribution < -0.4 is 0 Å². The van der Waals surface area contributed by atoms with Gasteiger partial charge in [-0.3, -0.25) is 0 Å². The molecule has 0 radical (unpaired) electrons. The molecule has 0 aliphatic carbocycles. The number of aliphatic hydroxyl groups is 1. The van der Waals surface area contributed by atoms with Crippen LogP contribution in [0.3, 0.4) is 0 Å². The molecule has 2 atom stereocenters. The molecule has 1 N–H and O–H groups in total. The maximum Gasteiger partial charge on any atom is 0.129 e. The second kappa shape index (κ2) is 7.11. The molecular weight excluding hydrogens is 264 g/mol. The fourth-order valence-corrected chi connectivity index (χ4v) is 2.54. The van der Waals surface area contributed by atoms with Crippen LogP contribution in [0.2, 0.25) is 0 Å². The summed E-state index contributed by atoms with van der Waals surface area (Å²) in [5, 5.41) is 10.0. The molecule has 1 aromatic carbocycles. The lowest BCUT2D eigenvalue weighted by molar-refractivity contribution is -0.00814. The summed E-state index contributed by atoms with van der Waals surface area (Å²) in [6.45, 7) is 1.72. The van der Waals surface area contributed by atoms with Crippen LogP contribution in [0.1, 0.15) is 30.9 Å². The lowest BCUT2D eigenvalue weighted by atomic mass is 10.1. The van der Waals surface area contributed by atoms with Gasteiger partial charge in [-0.15, -0.1) is 0 Å². The van der Waals surface area contributed by atoms with Crippen molar-refractivity contribution in [3.63, 3.8) is 0 Å². The number of halogens is 2. The highest BCUT2D eigenvalue weighted by molar-refractivity contribution is 5.21. The first-order valence-corrected chi connectivity index (χ1v) is 6.99. The molecule has 0 bridgehead atoms. The minimum Gasteiger partial charge on any atom is -0.387 e. The number of nitrogens with zero attached hydrogens (tertiary/aromatic N) is 1. The zero-order valence-corrected chi connectivity index (χ0v) is 11.7. The van der Waals surface area contributed by atoms with Gasteiger partial charge in [0.1, 0.15) is 11.6 Å². The van der Waals surface area contributed by atoms with Crippen molar-refractivity contribution in [3.05, 3.63) is 35.4 Å². The summed E-state index contributed by atoms with van der Waals surface area (Å²) in [5.41, 5.74) is 0.00131. The molecule has 5 heteroatoms. The average Bonchev–Trinajstić information content (AvgIpc) is 2.42. The Morgan fingerprint density at radius 2 is 2.20 bits per heavy atom. The van der Waals surface area contributed by atoms with Crippen LogP contribution in [0, 0.1) is 11.6 Å². The van der Waals surface area contributed by atoms with Gasteiger partial charge in [-0.05, 0) is 44.5 Å². The molecule has 2 rings (SSSR count). The van der Waals surface area contributed by atoms with E-state index in [4.69, 9.17) is 4.74 Å². The summed E-state index contributed by atoms with van der Waals surface area (Å²) in [5.74, 6) is -1.13. The van der Waals surface area contributed by atoms with Crippen molar-refractivity contribution in [3.8, 4) is 0 Å². The standard InChI is InChI=1S/C15H21F2NO2/c1-18(9-12-4-2-3-7-20-12)10-15(19)13-8-11(16)5-6-14(13)17/h5-6,8,12,15,19H,2-4,7,9-10H2,1H3. The van der Waals surface area contributed by atoms with Crippen molar-refractivity contribution in [1.82, 2.24) is 4.90 Å². The van der Waals surface area contributed by atoms with Crippen LogP contribution in [0.25, 0.3) is 0 Å². The van der Waals surface area contributed by atoms with Gasteiger partial charge in [-0.1, -0.05) is 0 Å². The highest BCUT2D eigenvalue weighted by atomic mass is 19.1. The van der Waals surface area contributed by atoms with Gasteiger partial charge in [0.25, 0.3) is 0 Å². The lowest BCUT2D eigenvalue weighted by Gasteiger charge is -2.28. The Bertz CT molecular complexity index is 436. The summed E-state index contributed by atoms with van der Waals surface area (Å²) in [6.07, 6.45) is 2.38. The maximum absolute atomic E-state index is 13.6. The SMILES string of the molecule is CN(CC1CCCCO1)CC(O)c1cc(F)ccc1F. The van der Waals surface area contributed by atoms with Crippen LogP contribution in [-0.4, -0.2) is 42.9 Å². The minimum atomic E-state index is -1.04. The van der Waals surface area contributed by atoms with Gasteiger partial charge in [-0.2, -0.15) is 0 Å². The molecule has 1 saturated heterocycles. The lowest BCUT2D eigenvalue weighted by Crippen LogP contribution is -2.35. The van der Waals surface area contributed by atoms with Gasteiger partial charge < -0.3 is 14.7 Å². The first kappa shape index (κ1) is 15.4. The smallest absolute Gasteiger partial charge is 0.129 e.